The van der Waals surface area contributed by atoms with E-state index in [-0.39, 0.29) is 23.6 Å². The zero-order valence-corrected chi connectivity index (χ0v) is 19.7. The van der Waals surface area contributed by atoms with E-state index in [2.05, 4.69) is 6.07 Å². The number of carbonyl (C=O) groups excluding carboxylic acids is 1. The van der Waals surface area contributed by atoms with Gasteiger partial charge in [0.05, 0.1) is 34.3 Å². The number of hydrogen-bond acceptors (Lipinski definition) is 6. The van der Waals surface area contributed by atoms with Crippen molar-refractivity contribution in [3.8, 4) is 6.07 Å². The summed E-state index contributed by atoms with van der Waals surface area (Å²) in [7, 11) is 0. The van der Waals surface area contributed by atoms with Crippen LogP contribution < -0.4 is 20.5 Å². The largest absolute Gasteiger partial charge is 0.463 e. The summed E-state index contributed by atoms with van der Waals surface area (Å²) in [6.45, 7) is 1.82. The van der Waals surface area contributed by atoms with Crippen LogP contribution in [0.25, 0.3) is 17.5 Å². The number of nitriles is 1. The molecule has 2 heterocycles. The first kappa shape index (κ1) is 22.9. The van der Waals surface area contributed by atoms with Crippen LogP contribution in [-0.2, 0) is 9.53 Å². The number of carbonyl (C=O) groups is 1. The van der Waals surface area contributed by atoms with E-state index in [0.717, 1.165) is 16.9 Å². The van der Waals surface area contributed by atoms with Gasteiger partial charge >= 0.3 is 5.97 Å². The molecular weight excluding hydrogens is 481 g/mol. The van der Waals surface area contributed by atoms with Crippen molar-refractivity contribution in [2.45, 2.75) is 12.8 Å². The molecule has 0 spiro atoms. The SMILES string of the molecule is CCOC(=O)C1=c2s/c(=C/c3ccc(Cl)cc3)c(=O)n2C(N)=C(C#N)[C@H]1c1ccc(Cl)cc1. The third-order valence-electron chi connectivity index (χ3n) is 5.14. The maximum atomic E-state index is 13.3. The average Bonchev–Trinajstić information content (AvgIpc) is 3.11. The van der Waals surface area contributed by atoms with Crippen LogP contribution in [0, 0.1) is 11.3 Å². The summed E-state index contributed by atoms with van der Waals surface area (Å²) < 4.78 is 7.21. The number of esters is 1. The second-order valence-corrected chi connectivity index (χ2v) is 9.04. The van der Waals surface area contributed by atoms with E-state index in [4.69, 9.17) is 33.7 Å². The lowest BCUT2D eigenvalue weighted by atomic mass is 9.84. The van der Waals surface area contributed by atoms with Gasteiger partial charge < -0.3 is 10.5 Å². The van der Waals surface area contributed by atoms with Crippen LogP contribution in [0.2, 0.25) is 10.0 Å². The van der Waals surface area contributed by atoms with Crippen molar-refractivity contribution in [2.75, 3.05) is 6.61 Å². The molecule has 9 heteroatoms. The van der Waals surface area contributed by atoms with Gasteiger partial charge in [-0.25, -0.2) is 4.79 Å². The molecule has 1 atom stereocenters. The molecule has 4 rings (SSSR count). The molecule has 3 aromatic rings. The van der Waals surface area contributed by atoms with E-state index in [1.165, 1.54) is 4.57 Å². The summed E-state index contributed by atoms with van der Waals surface area (Å²) in [5.74, 6) is -1.43. The molecule has 0 saturated heterocycles. The Kier molecular flexibility index (Phi) is 6.43. The Labute approximate surface area is 203 Å². The van der Waals surface area contributed by atoms with Crippen LogP contribution in [-0.4, -0.2) is 17.1 Å². The number of halogens is 2. The van der Waals surface area contributed by atoms with Gasteiger partial charge in [0.25, 0.3) is 5.56 Å². The highest BCUT2D eigenvalue weighted by atomic mass is 35.5. The van der Waals surface area contributed by atoms with Gasteiger partial charge in [-0.1, -0.05) is 47.5 Å². The van der Waals surface area contributed by atoms with Gasteiger partial charge in [-0.2, -0.15) is 5.26 Å². The predicted molar refractivity (Wildman–Crippen MR) is 130 cm³/mol. The summed E-state index contributed by atoms with van der Waals surface area (Å²) in [5, 5.41) is 11.0. The van der Waals surface area contributed by atoms with Crippen molar-refractivity contribution in [1.82, 2.24) is 4.57 Å². The normalized spacial score (nSPS) is 15.9. The number of fused-ring (bicyclic) bond motifs is 1. The van der Waals surface area contributed by atoms with Crippen molar-refractivity contribution in [3.63, 3.8) is 0 Å². The highest BCUT2D eigenvalue weighted by Gasteiger charge is 2.36. The summed E-state index contributed by atoms with van der Waals surface area (Å²) in [4.78, 5) is 26.4. The topological polar surface area (TPSA) is 98.1 Å². The number of ether oxygens (including phenoxy) is 1. The lowest BCUT2D eigenvalue weighted by molar-refractivity contribution is -0.136. The van der Waals surface area contributed by atoms with E-state index < -0.39 is 17.4 Å². The van der Waals surface area contributed by atoms with Gasteiger partial charge in [-0.05, 0) is 48.4 Å². The summed E-state index contributed by atoms with van der Waals surface area (Å²) in [6.07, 6.45) is 1.69. The third kappa shape index (κ3) is 4.21. The molecule has 0 fully saturated rings. The molecule has 0 aliphatic carbocycles. The molecule has 0 unspecified atom stereocenters. The van der Waals surface area contributed by atoms with Crippen molar-refractivity contribution >= 4 is 58.0 Å². The van der Waals surface area contributed by atoms with Crippen molar-refractivity contribution in [3.05, 3.63) is 94.8 Å². The summed E-state index contributed by atoms with van der Waals surface area (Å²) >= 11 is 13.1. The van der Waals surface area contributed by atoms with Crippen molar-refractivity contribution in [2.24, 2.45) is 5.73 Å². The van der Waals surface area contributed by atoms with Crippen LogP contribution in [0.3, 0.4) is 0 Å². The molecule has 0 saturated carbocycles. The zero-order chi connectivity index (χ0) is 23.7. The third-order valence-corrected chi connectivity index (χ3v) is 6.75. The van der Waals surface area contributed by atoms with Gasteiger partial charge in [0.1, 0.15) is 10.5 Å². The average molecular weight is 498 g/mol. The molecule has 2 aromatic carbocycles. The Bertz CT molecular complexity index is 1490. The second kappa shape index (κ2) is 9.28. The minimum absolute atomic E-state index is 0.0162. The molecule has 0 radical (unpaired) electrons. The second-order valence-electron chi connectivity index (χ2n) is 7.14. The number of benzene rings is 2. The number of nitrogens with zero attached hydrogens (tertiary/aromatic N) is 2. The highest BCUT2D eigenvalue weighted by Crippen LogP contribution is 2.37. The molecule has 0 bridgehead atoms. The zero-order valence-electron chi connectivity index (χ0n) is 17.3. The number of hydrogen-bond donors (Lipinski definition) is 1. The van der Waals surface area contributed by atoms with Crippen molar-refractivity contribution in [1.29, 1.82) is 5.26 Å². The Hall–Kier alpha value is -3.31. The lowest BCUT2D eigenvalue weighted by Crippen LogP contribution is -2.40. The van der Waals surface area contributed by atoms with Crippen LogP contribution >= 0.6 is 34.5 Å². The first-order valence-corrected chi connectivity index (χ1v) is 11.5. The van der Waals surface area contributed by atoms with Gasteiger partial charge in [0.15, 0.2) is 0 Å². The molecule has 166 valence electrons. The first-order chi connectivity index (χ1) is 15.8. The van der Waals surface area contributed by atoms with Crippen LogP contribution in [0.4, 0.5) is 0 Å². The number of rotatable bonds is 4. The molecule has 2 N–H and O–H groups in total. The Morgan fingerprint density at radius 3 is 2.36 bits per heavy atom. The Morgan fingerprint density at radius 2 is 1.79 bits per heavy atom. The van der Waals surface area contributed by atoms with E-state index in [1.807, 2.05) is 0 Å². The number of aromatic nitrogens is 1. The van der Waals surface area contributed by atoms with E-state index in [9.17, 15) is 14.9 Å². The minimum Gasteiger partial charge on any atom is -0.463 e. The number of allylic oxidation sites excluding steroid dienone is 1. The predicted octanol–water partition coefficient (Wildman–Crippen LogP) is 3.21. The fourth-order valence-corrected chi connectivity index (χ4v) is 5.07. The van der Waals surface area contributed by atoms with Crippen molar-refractivity contribution < 1.29 is 9.53 Å². The van der Waals surface area contributed by atoms with E-state index in [0.29, 0.717) is 24.8 Å². The first-order valence-electron chi connectivity index (χ1n) is 9.91. The number of nitrogens with two attached hydrogens (primary N) is 1. The smallest absolute Gasteiger partial charge is 0.338 e. The van der Waals surface area contributed by atoms with E-state index >= 15 is 0 Å². The lowest BCUT2D eigenvalue weighted by Gasteiger charge is -2.24. The van der Waals surface area contributed by atoms with E-state index in [1.54, 1.807) is 61.5 Å². The molecule has 6 nitrogen and oxygen atoms in total. The molecule has 1 aromatic heterocycles. The Morgan fingerprint density at radius 1 is 1.18 bits per heavy atom. The quantitative estimate of drug-likeness (QED) is 0.558. The number of thiazole rings is 1. The fourth-order valence-electron chi connectivity index (χ4n) is 3.65. The molecule has 0 amide bonds. The van der Waals surface area contributed by atoms with Gasteiger partial charge in [-0.15, -0.1) is 11.3 Å². The van der Waals surface area contributed by atoms with Gasteiger partial charge in [-0.3, -0.25) is 9.36 Å². The van der Waals surface area contributed by atoms with Crippen LogP contribution in [0.15, 0.2) is 58.9 Å². The minimum atomic E-state index is -0.798. The molecule has 33 heavy (non-hydrogen) atoms. The maximum Gasteiger partial charge on any atom is 0.338 e. The van der Waals surface area contributed by atoms with Crippen LogP contribution in [0.5, 0.6) is 0 Å². The molecule has 1 aliphatic heterocycles. The van der Waals surface area contributed by atoms with Gasteiger partial charge in [0, 0.05) is 10.0 Å². The molecular formula is C24H17Cl2N3O3S. The highest BCUT2D eigenvalue weighted by molar-refractivity contribution is 7.07. The van der Waals surface area contributed by atoms with Gasteiger partial charge in [0.2, 0.25) is 0 Å². The molecule has 1 aliphatic rings. The standard InChI is InChI=1S/C24H17Cl2N3O3S/c1-2-32-24(31)20-19(14-5-9-16(26)10-6-14)17(12-27)21(28)29-22(30)18(33-23(20)29)11-13-3-7-15(25)8-4-13/h3-11,19H,2,28H2,1H3/b18-11+/t19-/m1/s1. The summed E-state index contributed by atoms with van der Waals surface area (Å²) in [6, 6.07) is 15.8. The maximum absolute atomic E-state index is 13.3. The summed E-state index contributed by atoms with van der Waals surface area (Å²) in [5.41, 5.74) is 7.57. The Balaban J connectivity index is 2.08. The monoisotopic (exact) mass is 497 g/mol. The fraction of sp³-hybridized carbons (Fsp3) is 0.125. The van der Waals surface area contributed by atoms with Crippen LogP contribution in [0.1, 0.15) is 24.0 Å².